The highest BCUT2D eigenvalue weighted by atomic mass is 16.5. The second-order valence-corrected chi connectivity index (χ2v) is 5.10. The van der Waals surface area contributed by atoms with Crippen molar-refractivity contribution in [3.05, 3.63) is 0 Å². The van der Waals surface area contributed by atoms with Crippen LogP contribution in [0.15, 0.2) is 0 Å². The van der Waals surface area contributed by atoms with Crippen LogP contribution < -0.4 is 0 Å². The first-order valence-corrected chi connectivity index (χ1v) is 4.93. The third-order valence-corrected chi connectivity index (χ3v) is 2.10. The van der Waals surface area contributed by atoms with Crippen molar-refractivity contribution in [2.24, 2.45) is 11.3 Å². The lowest BCUT2D eigenvalue weighted by Gasteiger charge is -2.27. The smallest absolute Gasteiger partial charge is 0.306 e. The third-order valence-electron chi connectivity index (χ3n) is 2.10. The van der Waals surface area contributed by atoms with E-state index in [4.69, 9.17) is 4.74 Å². The first-order valence-electron chi connectivity index (χ1n) is 4.93. The molecule has 0 radical (unpaired) electrons. The minimum Gasteiger partial charge on any atom is -0.462 e. The van der Waals surface area contributed by atoms with Crippen LogP contribution in [0, 0.1) is 11.3 Å². The highest BCUT2D eigenvalue weighted by molar-refractivity contribution is 5.69. The number of carbonyl (C=O) groups is 1. The molecule has 1 unspecified atom stereocenters. The lowest BCUT2D eigenvalue weighted by molar-refractivity contribution is -0.154. The number of hydrogen-bond acceptors (Lipinski definition) is 2. The fraction of sp³-hybridized carbons (Fsp3) is 0.909. The monoisotopic (exact) mass is 186 g/mol. The van der Waals surface area contributed by atoms with Gasteiger partial charge < -0.3 is 4.74 Å². The molecule has 0 aromatic carbocycles. The molecule has 0 rings (SSSR count). The van der Waals surface area contributed by atoms with Gasteiger partial charge in [-0.25, -0.2) is 0 Å². The van der Waals surface area contributed by atoms with Gasteiger partial charge in [0.15, 0.2) is 0 Å². The Bertz CT molecular complexity index is 165. The molecule has 0 saturated heterocycles. The lowest BCUT2D eigenvalue weighted by Crippen LogP contribution is -2.29. The van der Waals surface area contributed by atoms with Crippen molar-refractivity contribution in [2.75, 3.05) is 0 Å². The molecule has 0 N–H and O–H groups in total. The van der Waals surface area contributed by atoms with Crippen molar-refractivity contribution in [2.45, 2.75) is 54.1 Å². The Kier molecular flexibility index (Phi) is 4.45. The molecule has 0 heterocycles. The first-order chi connectivity index (χ1) is 5.73. The van der Waals surface area contributed by atoms with Crippen molar-refractivity contribution in [1.29, 1.82) is 0 Å². The van der Waals surface area contributed by atoms with E-state index in [1.807, 2.05) is 20.8 Å². The van der Waals surface area contributed by atoms with Crippen LogP contribution in [0.5, 0.6) is 0 Å². The van der Waals surface area contributed by atoms with Crippen molar-refractivity contribution in [3.63, 3.8) is 0 Å². The molecule has 0 spiro atoms. The Morgan fingerprint density at radius 3 is 2.00 bits per heavy atom. The van der Waals surface area contributed by atoms with E-state index >= 15 is 0 Å². The van der Waals surface area contributed by atoms with E-state index in [1.54, 1.807) is 0 Å². The second-order valence-electron chi connectivity index (χ2n) is 5.10. The van der Waals surface area contributed by atoms with Gasteiger partial charge in [-0.2, -0.15) is 0 Å². The summed E-state index contributed by atoms with van der Waals surface area (Å²) >= 11 is 0. The van der Waals surface area contributed by atoms with E-state index in [-0.39, 0.29) is 17.5 Å². The van der Waals surface area contributed by atoms with Gasteiger partial charge in [-0.1, -0.05) is 34.6 Å². The quantitative estimate of drug-likeness (QED) is 0.633. The molecule has 0 fully saturated rings. The molecule has 0 amide bonds. The molecule has 1 atom stereocenters. The van der Waals surface area contributed by atoms with E-state index in [0.29, 0.717) is 12.3 Å². The maximum Gasteiger partial charge on any atom is 0.306 e. The minimum atomic E-state index is -0.0857. The summed E-state index contributed by atoms with van der Waals surface area (Å²) in [4.78, 5) is 11.3. The standard InChI is InChI=1S/C11H22O2/c1-8(2)7-10(12)13-9(3)11(4,5)6/h8-9H,7H2,1-6H3. The van der Waals surface area contributed by atoms with Gasteiger partial charge in [-0.15, -0.1) is 0 Å². The Morgan fingerprint density at radius 2 is 1.69 bits per heavy atom. The number of esters is 1. The Hall–Kier alpha value is -0.530. The summed E-state index contributed by atoms with van der Waals surface area (Å²) in [5, 5.41) is 0. The van der Waals surface area contributed by atoms with Gasteiger partial charge >= 0.3 is 5.97 Å². The molecule has 0 aliphatic heterocycles. The lowest BCUT2D eigenvalue weighted by atomic mass is 9.90. The van der Waals surface area contributed by atoms with Crippen LogP contribution in [0.4, 0.5) is 0 Å². The summed E-state index contributed by atoms with van der Waals surface area (Å²) in [6.45, 7) is 12.2. The van der Waals surface area contributed by atoms with Crippen LogP contribution in [0.1, 0.15) is 48.0 Å². The zero-order chi connectivity index (χ0) is 10.6. The molecule has 2 nitrogen and oxygen atoms in total. The van der Waals surface area contributed by atoms with Gasteiger partial charge in [0.05, 0.1) is 0 Å². The average Bonchev–Trinajstić information content (AvgIpc) is 1.82. The van der Waals surface area contributed by atoms with E-state index in [1.165, 1.54) is 0 Å². The van der Waals surface area contributed by atoms with Gasteiger partial charge in [0.2, 0.25) is 0 Å². The predicted octanol–water partition coefficient (Wildman–Crippen LogP) is 3.01. The predicted molar refractivity (Wildman–Crippen MR) is 54.5 cm³/mol. The van der Waals surface area contributed by atoms with Gasteiger partial charge in [0.1, 0.15) is 6.10 Å². The summed E-state index contributed by atoms with van der Waals surface area (Å²) in [5.74, 6) is 0.289. The summed E-state index contributed by atoms with van der Waals surface area (Å²) in [5.41, 5.74) is 0.0344. The fourth-order valence-corrected chi connectivity index (χ4v) is 0.755. The van der Waals surface area contributed by atoms with Crippen LogP contribution in [0.2, 0.25) is 0 Å². The van der Waals surface area contributed by atoms with Crippen molar-refractivity contribution < 1.29 is 9.53 Å². The molecule has 78 valence electrons. The van der Waals surface area contributed by atoms with Crippen LogP contribution in [-0.4, -0.2) is 12.1 Å². The molecule has 0 bridgehead atoms. The highest BCUT2D eigenvalue weighted by Crippen LogP contribution is 2.22. The zero-order valence-corrected chi connectivity index (χ0v) is 9.68. The van der Waals surface area contributed by atoms with Crippen LogP contribution >= 0.6 is 0 Å². The number of hydrogen-bond donors (Lipinski definition) is 0. The van der Waals surface area contributed by atoms with Crippen molar-refractivity contribution >= 4 is 5.97 Å². The van der Waals surface area contributed by atoms with Crippen molar-refractivity contribution in [1.82, 2.24) is 0 Å². The van der Waals surface area contributed by atoms with Gasteiger partial charge in [0.25, 0.3) is 0 Å². The topological polar surface area (TPSA) is 26.3 Å². The minimum absolute atomic E-state index is 0.0150. The van der Waals surface area contributed by atoms with Gasteiger partial charge in [-0.05, 0) is 18.3 Å². The maximum atomic E-state index is 11.3. The zero-order valence-electron chi connectivity index (χ0n) is 9.68. The summed E-state index contributed by atoms with van der Waals surface area (Å²) in [6.07, 6.45) is 0.499. The molecule has 0 aliphatic carbocycles. The van der Waals surface area contributed by atoms with Crippen molar-refractivity contribution in [3.8, 4) is 0 Å². The highest BCUT2D eigenvalue weighted by Gasteiger charge is 2.23. The largest absolute Gasteiger partial charge is 0.462 e. The molecule has 0 saturated carbocycles. The number of carbonyl (C=O) groups excluding carboxylic acids is 1. The maximum absolute atomic E-state index is 11.3. The second kappa shape index (κ2) is 4.64. The summed E-state index contributed by atoms with van der Waals surface area (Å²) in [7, 11) is 0. The van der Waals surface area contributed by atoms with Crippen LogP contribution in [0.3, 0.4) is 0 Å². The Balaban J connectivity index is 3.93. The molecular formula is C11H22O2. The number of rotatable bonds is 3. The van der Waals surface area contributed by atoms with Crippen LogP contribution in [0.25, 0.3) is 0 Å². The van der Waals surface area contributed by atoms with Gasteiger partial charge in [0, 0.05) is 6.42 Å². The average molecular weight is 186 g/mol. The normalized spacial score (nSPS) is 14.4. The summed E-state index contributed by atoms with van der Waals surface area (Å²) < 4.78 is 5.29. The number of ether oxygens (including phenoxy) is 1. The first kappa shape index (κ1) is 12.5. The molecule has 0 aliphatic rings. The van der Waals surface area contributed by atoms with Crippen LogP contribution in [-0.2, 0) is 9.53 Å². The SMILES string of the molecule is CC(C)CC(=O)OC(C)C(C)(C)C. The van der Waals surface area contributed by atoms with E-state index < -0.39 is 0 Å². The Morgan fingerprint density at radius 1 is 1.23 bits per heavy atom. The fourth-order valence-electron chi connectivity index (χ4n) is 0.755. The Labute approximate surface area is 81.7 Å². The molecule has 0 aromatic heterocycles. The van der Waals surface area contributed by atoms with E-state index in [0.717, 1.165) is 0 Å². The third kappa shape index (κ3) is 5.67. The van der Waals surface area contributed by atoms with E-state index in [9.17, 15) is 4.79 Å². The van der Waals surface area contributed by atoms with Gasteiger partial charge in [-0.3, -0.25) is 4.79 Å². The molecule has 13 heavy (non-hydrogen) atoms. The molecular weight excluding hydrogens is 164 g/mol. The molecule has 0 aromatic rings. The van der Waals surface area contributed by atoms with E-state index in [2.05, 4.69) is 20.8 Å². The molecule has 2 heteroatoms. The summed E-state index contributed by atoms with van der Waals surface area (Å²) in [6, 6.07) is 0.